The zero-order chi connectivity index (χ0) is 11.0. The van der Waals surface area contributed by atoms with Crippen LogP contribution in [0.2, 0.25) is 0 Å². The highest BCUT2D eigenvalue weighted by atomic mass is 15.2. The van der Waals surface area contributed by atoms with Crippen LogP contribution in [0.1, 0.15) is 34.1 Å². The van der Waals surface area contributed by atoms with Gasteiger partial charge in [0, 0.05) is 25.2 Å². The molecule has 2 atom stereocenters. The maximum absolute atomic E-state index is 3.70. The molecule has 2 heteroatoms. The highest BCUT2D eigenvalue weighted by Gasteiger charge is 2.15. The molecule has 14 heavy (non-hydrogen) atoms. The number of hydrogen-bond acceptors (Lipinski definition) is 2. The Hall–Kier alpha value is -0.340. The average molecular weight is 198 g/mol. The normalized spacial score (nSPS) is 15.5. The Balaban J connectivity index is 3.90. The molecule has 0 radical (unpaired) electrons. The van der Waals surface area contributed by atoms with E-state index in [2.05, 4.69) is 44.5 Å². The molecule has 0 amide bonds. The molecule has 0 aromatic rings. The van der Waals surface area contributed by atoms with Gasteiger partial charge in [-0.05, 0) is 26.8 Å². The molecule has 84 valence electrons. The van der Waals surface area contributed by atoms with Crippen LogP contribution < -0.4 is 5.32 Å². The van der Waals surface area contributed by atoms with E-state index < -0.39 is 0 Å². The Labute approximate surface area is 89.4 Å². The van der Waals surface area contributed by atoms with E-state index in [4.69, 9.17) is 0 Å². The molecular formula is C12H26N2. The highest BCUT2D eigenvalue weighted by Crippen LogP contribution is 2.07. The van der Waals surface area contributed by atoms with Gasteiger partial charge in [0.2, 0.25) is 0 Å². The van der Waals surface area contributed by atoms with Crippen LogP contribution in [0.5, 0.6) is 0 Å². The fourth-order valence-corrected chi connectivity index (χ4v) is 1.80. The zero-order valence-corrected chi connectivity index (χ0v) is 10.2. The number of nitrogens with zero attached hydrogens (tertiary/aromatic N) is 1. The molecule has 0 saturated heterocycles. The minimum Gasteiger partial charge on any atom is -0.312 e. The Morgan fingerprint density at radius 1 is 1.29 bits per heavy atom. The Bertz CT molecular complexity index is 145. The molecular weight excluding hydrogens is 172 g/mol. The molecule has 0 spiro atoms. The van der Waals surface area contributed by atoms with Crippen LogP contribution in [0.3, 0.4) is 0 Å². The third-order valence-corrected chi connectivity index (χ3v) is 2.82. The molecule has 0 heterocycles. The van der Waals surface area contributed by atoms with E-state index in [1.165, 1.54) is 6.42 Å². The Morgan fingerprint density at radius 2 is 1.93 bits per heavy atom. The lowest BCUT2D eigenvalue weighted by atomic mass is 10.1. The quantitative estimate of drug-likeness (QED) is 0.475. The summed E-state index contributed by atoms with van der Waals surface area (Å²) < 4.78 is 0. The molecule has 2 unspecified atom stereocenters. The van der Waals surface area contributed by atoms with Gasteiger partial charge in [0.15, 0.2) is 0 Å². The molecule has 0 fully saturated rings. The van der Waals surface area contributed by atoms with Crippen molar-refractivity contribution in [3.8, 4) is 0 Å². The van der Waals surface area contributed by atoms with Crippen molar-refractivity contribution in [2.75, 3.05) is 19.6 Å². The van der Waals surface area contributed by atoms with Gasteiger partial charge in [-0.1, -0.05) is 19.9 Å². The highest BCUT2D eigenvalue weighted by molar-refractivity contribution is 4.76. The van der Waals surface area contributed by atoms with Gasteiger partial charge in [-0.15, -0.1) is 6.58 Å². The third kappa shape index (κ3) is 4.77. The van der Waals surface area contributed by atoms with Gasteiger partial charge in [0.05, 0.1) is 0 Å². The van der Waals surface area contributed by atoms with Crippen molar-refractivity contribution in [1.82, 2.24) is 10.2 Å². The summed E-state index contributed by atoms with van der Waals surface area (Å²) in [6.45, 7) is 15.8. The SMILES string of the molecule is C=CCNCC(C)N(CC)C(C)CC. The summed E-state index contributed by atoms with van der Waals surface area (Å²) in [5.74, 6) is 0. The first-order valence-corrected chi connectivity index (χ1v) is 5.74. The van der Waals surface area contributed by atoms with Crippen molar-refractivity contribution in [3.63, 3.8) is 0 Å². The van der Waals surface area contributed by atoms with Gasteiger partial charge in [-0.2, -0.15) is 0 Å². The van der Waals surface area contributed by atoms with E-state index in [1.54, 1.807) is 0 Å². The maximum Gasteiger partial charge on any atom is 0.0195 e. The Morgan fingerprint density at radius 3 is 2.36 bits per heavy atom. The van der Waals surface area contributed by atoms with Crippen LogP contribution in [0, 0.1) is 0 Å². The van der Waals surface area contributed by atoms with Gasteiger partial charge in [-0.25, -0.2) is 0 Å². The van der Waals surface area contributed by atoms with Crippen LogP contribution in [-0.4, -0.2) is 36.6 Å². The van der Waals surface area contributed by atoms with Crippen LogP contribution in [0.25, 0.3) is 0 Å². The predicted octanol–water partition coefficient (Wildman–Crippen LogP) is 2.27. The summed E-state index contributed by atoms with van der Waals surface area (Å²) in [5, 5.41) is 3.37. The van der Waals surface area contributed by atoms with Gasteiger partial charge < -0.3 is 5.32 Å². The second-order valence-electron chi connectivity index (χ2n) is 3.88. The predicted molar refractivity (Wildman–Crippen MR) is 64.7 cm³/mol. The monoisotopic (exact) mass is 198 g/mol. The van der Waals surface area contributed by atoms with Crippen LogP contribution in [-0.2, 0) is 0 Å². The lowest BCUT2D eigenvalue weighted by molar-refractivity contribution is 0.157. The molecule has 0 saturated carbocycles. The average Bonchev–Trinajstić information content (AvgIpc) is 2.19. The molecule has 0 aliphatic rings. The molecule has 0 rings (SSSR count). The number of likely N-dealkylation sites (N-methyl/N-ethyl adjacent to an activating group) is 1. The first-order valence-electron chi connectivity index (χ1n) is 5.74. The van der Waals surface area contributed by atoms with E-state index in [-0.39, 0.29) is 0 Å². The lowest BCUT2D eigenvalue weighted by Crippen LogP contribution is -2.45. The summed E-state index contributed by atoms with van der Waals surface area (Å²) in [4.78, 5) is 2.54. The van der Waals surface area contributed by atoms with Crippen molar-refractivity contribution in [1.29, 1.82) is 0 Å². The molecule has 1 N–H and O–H groups in total. The van der Waals surface area contributed by atoms with Gasteiger partial charge >= 0.3 is 0 Å². The summed E-state index contributed by atoms with van der Waals surface area (Å²) in [6.07, 6.45) is 3.13. The van der Waals surface area contributed by atoms with E-state index in [0.717, 1.165) is 19.6 Å². The molecule has 0 aromatic carbocycles. The Kier molecular flexibility index (Phi) is 7.81. The maximum atomic E-state index is 3.70. The van der Waals surface area contributed by atoms with Crippen LogP contribution >= 0.6 is 0 Å². The molecule has 0 bridgehead atoms. The minimum atomic E-state index is 0.606. The summed E-state index contributed by atoms with van der Waals surface area (Å²) in [7, 11) is 0. The largest absolute Gasteiger partial charge is 0.312 e. The van der Waals surface area contributed by atoms with Crippen molar-refractivity contribution in [2.45, 2.75) is 46.2 Å². The molecule has 0 aliphatic heterocycles. The first-order chi connectivity index (χ1) is 6.67. The molecule has 2 nitrogen and oxygen atoms in total. The van der Waals surface area contributed by atoms with Crippen molar-refractivity contribution < 1.29 is 0 Å². The topological polar surface area (TPSA) is 15.3 Å². The minimum absolute atomic E-state index is 0.606. The number of hydrogen-bond donors (Lipinski definition) is 1. The van der Waals surface area contributed by atoms with E-state index >= 15 is 0 Å². The van der Waals surface area contributed by atoms with Gasteiger partial charge in [-0.3, -0.25) is 4.90 Å². The van der Waals surface area contributed by atoms with E-state index in [0.29, 0.717) is 12.1 Å². The number of rotatable bonds is 8. The summed E-state index contributed by atoms with van der Waals surface area (Å²) in [6, 6.07) is 1.29. The lowest BCUT2D eigenvalue weighted by Gasteiger charge is -2.33. The fraction of sp³-hybridized carbons (Fsp3) is 0.833. The first kappa shape index (κ1) is 13.7. The standard InChI is InChI=1S/C12H26N2/c1-6-9-13-10-12(5)14(8-3)11(4)7-2/h6,11-13H,1,7-10H2,2-5H3. The number of nitrogens with one attached hydrogen (secondary N) is 1. The van der Waals surface area contributed by atoms with E-state index in [1.807, 2.05) is 6.08 Å². The second-order valence-corrected chi connectivity index (χ2v) is 3.88. The third-order valence-electron chi connectivity index (χ3n) is 2.82. The summed E-state index contributed by atoms with van der Waals surface area (Å²) in [5.41, 5.74) is 0. The molecule has 0 aromatic heterocycles. The van der Waals surface area contributed by atoms with Crippen LogP contribution in [0.15, 0.2) is 12.7 Å². The van der Waals surface area contributed by atoms with Gasteiger partial charge in [0.1, 0.15) is 0 Å². The van der Waals surface area contributed by atoms with Crippen molar-refractivity contribution >= 4 is 0 Å². The second kappa shape index (κ2) is 8.01. The van der Waals surface area contributed by atoms with Crippen molar-refractivity contribution in [2.24, 2.45) is 0 Å². The smallest absolute Gasteiger partial charge is 0.0195 e. The van der Waals surface area contributed by atoms with Crippen molar-refractivity contribution in [3.05, 3.63) is 12.7 Å². The van der Waals surface area contributed by atoms with Crippen LogP contribution in [0.4, 0.5) is 0 Å². The molecule has 0 aliphatic carbocycles. The summed E-state index contributed by atoms with van der Waals surface area (Å²) >= 11 is 0. The fourth-order valence-electron chi connectivity index (χ4n) is 1.80. The zero-order valence-electron chi connectivity index (χ0n) is 10.2. The van der Waals surface area contributed by atoms with E-state index in [9.17, 15) is 0 Å². The van der Waals surface area contributed by atoms with Gasteiger partial charge in [0.25, 0.3) is 0 Å².